The molecule has 2 aromatic rings. The molecule has 0 bridgehead atoms. The van der Waals surface area contributed by atoms with E-state index in [2.05, 4.69) is 0 Å². The van der Waals surface area contributed by atoms with Crippen LogP contribution in [0, 0.1) is 12.7 Å². The van der Waals surface area contributed by atoms with Gasteiger partial charge in [-0.15, -0.1) is 0 Å². The van der Waals surface area contributed by atoms with Gasteiger partial charge in [0.15, 0.2) is 12.4 Å². The normalized spacial score (nSPS) is 14.6. The Morgan fingerprint density at radius 1 is 1.28 bits per heavy atom. The third kappa shape index (κ3) is 4.77. The summed E-state index contributed by atoms with van der Waals surface area (Å²) in [7, 11) is 0. The highest BCUT2D eigenvalue weighted by atomic mass is 35.5. The number of hydrogen-bond acceptors (Lipinski definition) is 5. The lowest BCUT2D eigenvalue weighted by Crippen LogP contribution is -2.27. The fourth-order valence-electron chi connectivity index (χ4n) is 2.85. The number of benzene rings is 2. The molecule has 1 aliphatic heterocycles. The molecule has 0 atom stereocenters. The lowest BCUT2D eigenvalue weighted by Gasteiger charge is -2.19. The van der Waals surface area contributed by atoms with Gasteiger partial charge in [0.25, 0.3) is 0 Å². The molecule has 0 aromatic heterocycles. The lowest BCUT2D eigenvalue weighted by atomic mass is 10.0. The second-order valence-electron chi connectivity index (χ2n) is 7.56. The molecule has 152 valence electrons. The Labute approximate surface area is 173 Å². The van der Waals surface area contributed by atoms with E-state index in [0.29, 0.717) is 16.9 Å². The molecule has 1 heterocycles. The first-order valence-electron chi connectivity index (χ1n) is 8.93. The van der Waals surface area contributed by atoms with E-state index in [1.165, 1.54) is 30.3 Å². The SMILES string of the molecule is Cc1cc(OCC(=O)OC(C)(C)C)cc2c1C(=O)/C(=C/c1c(F)cccc1Cl)O2. The van der Waals surface area contributed by atoms with Gasteiger partial charge in [-0.25, -0.2) is 9.18 Å². The van der Waals surface area contributed by atoms with Crippen molar-refractivity contribution in [2.45, 2.75) is 33.3 Å². The number of halogens is 2. The van der Waals surface area contributed by atoms with Crippen molar-refractivity contribution < 1.29 is 28.2 Å². The molecule has 0 spiro atoms. The zero-order valence-corrected chi connectivity index (χ0v) is 17.2. The fourth-order valence-corrected chi connectivity index (χ4v) is 3.07. The second-order valence-corrected chi connectivity index (χ2v) is 7.97. The molecule has 29 heavy (non-hydrogen) atoms. The Hall–Kier alpha value is -2.86. The molecule has 0 aliphatic carbocycles. The molecule has 7 heteroatoms. The quantitative estimate of drug-likeness (QED) is 0.509. The van der Waals surface area contributed by atoms with Gasteiger partial charge in [-0.1, -0.05) is 17.7 Å². The van der Waals surface area contributed by atoms with Crippen LogP contribution in [0.25, 0.3) is 6.08 Å². The van der Waals surface area contributed by atoms with Gasteiger partial charge in [-0.05, 0) is 57.5 Å². The number of allylic oxidation sites excluding steroid dienone is 1. The molecule has 1 aliphatic rings. The topological polar surface area (TPSA) is 61.8 Å². The maximum Gasteiger partial charge on any atom is 0.344 e. The van der Waals surface area contributed by atoms with E-state index in [4.69, 9.17) is 25.8 Å². The summed E-state index contributed by atoms with van der Waals surface area (Å²) in [5, 5.41) is 0.169. The van der Waals surface area contributed by atoms with E-state index >= 15 is 0 Å². The maximum atomic E-state index is 14.0. The number of fused-ring (bicyclic) bond motifs is 1. The Balaban J connectivity index is 1.82. The van der Waals surface area contributed by atoms with Crippen molar-refractivity contribution in [1.82, 2.24) is 0 Å². The van der Waals surface area contributed by atoms with Crippen molar-refractivity contribution in [3.05, 3.63) is 63.6 Å². The minimum Gasteiger partial charge on any atom is -0.482 e. The van der Waals surface area contributed by atoms with Gasteiger partial charge in [0.1, 0.15) is 22.9 Å². The predicted molar refractivity (Wildman–Crippen MR) is 107 cm³/mol. The number of Topliss-reactive ketones (excluding diaryl/α,β-unsaturated/α-hetero) is 1. The van der Waals surface area contributed by atoms with Crippen LogP contribution in [0.15, 0.2) is 36.1 Å². The Morgan fingerprint density at radius 2 is 2.00 bits per heavy atom. The molecule has 5 nitrogen and oxygen atoms in total. The third-order valence-corrected chi connectivity index (χ3v) is 4.33. The number of esters is 1. The smallest absolute Gasteiger partial charge is 0.344 e. The van der Waals surface area contributed by atoms with E-state index in [0.717, 1.165) is 0 Å². The molecular formula is C22H20ClFO5. The molecular weight excluding hydrogens is 399 g/mol. The molecule has 0 saturated carbocycles. The van der Waals surface area contributed by atoms with Gasteiger partial charge in [-0.3, -0.25) is 4.79 Å². The van der Waals surface area contributed by atoms with Gasteiger partial charge in [0, 0.05) is 11.6 Å². The van der Waals surface area contributed by atoms with Crippen LogP contribution in [0.5, 0.6) is 11.5 Å². The Morgan fingerprint density at radius 3 is 2.66 bits per heavy atom. The number of aryl methyl sites for hydroxylation is 1. The van der Waals surface area contributed by atoms with Gasteiger partial charge in [-0.2, -0.15) is 0 Å². The summed E-state index contributed by atoms with van der Waals surface area (Å²) in [6.45, 7) is 6.73. The minimum atomic E-state index is -0.614. The molecule has 0 N–H and O–H groups in total. The number of ether oxygens (including phenoxy) is 3. The zero-order valence-electron chi connectivity index (χ0n) is 16.5. The molecule has 0 saturated heterocycles. The predicted octanol–water partition coefficient (Wildman–Crippen LogP) is 5.12. The Kier molecular flexibility index (Phi) is 5.66. The average molecular weight is 419 g/mol. The first-order valence-corrected chi connectivity index (χ1v) is 9.30. The van der Waals surface area contributed by atoms with Crippen molar-refractivity contribution in [1.29, 1.82) is 0 Å². The molecule has 0 fully saturated rings. The zero-order chi connectivity index (χ0) is 21.3. The summed E-state index contributed by atoms with van der Waals surface area (Å²) >= 11 is 6.02. The van der Waals surface area contributed by atoms with E-state index < -0.39 is 17.4 Å². The monoisotopic (exact) mass is 418 g/mol. The summed E-state index contributed by atoms with van der Waals surface area (Å²) in [4.78, 5) is 24.5. The average Bonchev–Trinajstić information content (AvgIpc) is 2.91. The lowest BCUT2D eigenvalue weighted by molar-refractivity contribution is -0.157. The van der Waals surface area contributed by atoms with E-state index in [-0.39, 0.29) is 34.5 Å². The van der Waals surface area contributed by atoms with Crippen molar-refractivity contribution in [3.63, 3.8) is 0 Å². The molecule has 0 radical (unpaired) electrons. The number of carbonyl (C=O) groups excluding carboxylic acids is 2. The molecule has 0 amide bonds. The largest absolute Gasteiger partial charge is 0.482 e. The minimum absolute atomic E-state index is 0.0422. The van der Waals surface area contributed by atoms with Crippen LogP contribution in [0.3, 0.4) is 0 Å². The van der Waals surface area contributed by atoms with E-state index in [9.17, 15) is 14.0 Å². The first kappa shape index (κ1) is 20.9. The van der Waals surface area contributed by atoms with Crippen molar-refractivity contribution in [2.75, 3.05) is 6.61 Å². The number of ketones is 1. The van der Waals surface area contributed by atoms with Crippen LogP contribution in [-0.2, 0) is 9.53 Å². The molecule has 0 unspecified atom stereocenters. The van der Waals surface area contributed by atoms with Crippen LogP contribution < -0.4 is 9.47 Å². The van der Waals surface area contributed by atoms with Crippen molar-refractivity contribution in [2.24, 2.45) is 0 Å². The number of hydrogen-bond donors (Lipinski definition) is 0. The summed E-state index contributed by atoms with van der Waals surface area (Å²) in [5.41, 5.74) is 0.421. The van der Waals surface area contributed by atoms with Crippen LogP contribution in [-0.4, -0.2) is 24.0 Å². The van der Waals surface area contributed by atoms with Gasteiger partial charge in [0.2, 0.25) is 5.78 Å². The van der Waals surface area contributed by atoms with Gasteiger partial charge >= 0.3 is 5.97 Å². The van der Waals surface area contributed by atoms with E-state index in [1.807, 2.05) is 0 Å². The van der Waals surface area contributed by atoms with Crippen LogP contribution in [0.2, 0.25) is 5.02 Å². The molecule has 2 aromatic carbocycles. The van der Waals surface area contributed by atoms with Crippen LogP contribution in [0.4, 0.5) is 4.39 Å². The van der Waals surface area contributed by atoms with Crippen LogP contribution in [0.1, 0.15) is 42.3 Å². The summed E-state index contributed by atoms with van der Waals surface area (Å²) in [6.07, 6.45) is 1.28. The highest BCUT2D eigenvalue weighted by Gasteiger charge is 2.30. The summed E-state index contributed by atoms with van der Waals surface area (Å²) < 4.78 is 30.3. The van der Waals surface area contributed by atoms with Crippen molar-refractivity contribution >= 4 is 29.4 Å². The summed E-state index contributed by atoms with van der Waals surface area (Å²) in [5.74, 6) is -0.870. The van der Waals surface area contributed by atoms with Gasteiger partial charge in [0.05, 0.1) is 10.6 Å². The fraction of sp³-hybridized carbons (Fsp3) is 0.273. The van der Waals surface area contributed by atoms with Crippen LogP contribution >= 0.6 is 11.6 Å². The van der Waals surface area contributed by atoms with Gasteiger partial charge < -0.3 is 14.2 Å². The number of carbonyl (C=O) groups is 2. The van der Waals surface area contributed by atoms with Crippen molar-refractivity contribution in [3.8, 4) is 11.5 Å². The highest BCUT2D eigenvalue weighted by molar-refractivity contribution is 6.32. The standard InChI is InChI=1S/C22H20ClFO5/c1-12-8-13(27-11-19(25)29-22(2,3)4)9-17-20(12)21(26)18(28-17)10-14-15(23)6-5-7-16(14)24/h5-10H,11H2,1-4H3/b18-10-. The number of rotatable bonds is 4. The second kappa shape index (κ2) is 7.87. The summed E-state index contributed by atoms with van der Waals surface area (Å²) in [6, 6.07) is 7.39. The van der Waals surface area contributed by atoms with E-state index in [1.54, 1.807) is 33.8 Å². The molecule has 3 rings (SSSR count). The third-order valence-electron chi connectivity index (χ3n) is 4.00. The Bertz CT molecular complexity index is 1000. The highest BCUT2D eigenvalue weighted by Crippen LogP contribution is 2.38. The maximum absolute atomic E-state index is 14.0. The first-order chi connectivity index (χ1) is 13.5.